The van der Waals surface area contributed by atoms with Crippen LogP contribution in [0.25, 0.3) is 0 Å². The van der Waals surface area contributed by atoms with Crippen LogP contribution in [0, 0.1) is 0 Å². The molecule has 1 saturated heterocycles. The van der Waals surface area contributed by atoms with Gasteiger partial charge in [-0.05, 0) is 42.0 Å². The first-order valence-corrected chi connectivity index (χ1v) is 7.55. The molecule has 0 bridgehead atoms. The fourth-order valence-electron chi connectivity index (χ4n) is 2.88. The van der Waals surface area contributed by atoms with E-state index in [1.807, 2.05) is 29.2 Å². The van der Waals surface area contributed by atoms with Crippen LogP contribution in [-0.2, 0) is 4.79 Å². The van der Waals surface area contributed by atoms with Crippen LogP contribution in [0.5, 0.6) is 0 Å². The molecule has 1 N–H and O–H groups in total. The molecule has 1 amide bonds. The highest BCUT2D eigenvalue weighted by atomic mass is 16.3. The van der Waals surface area contributed by atoms with Crippen LogP contribution >= 0.6 is 0 Å². The molecule has 1 fully saturated rings. The molecule has 1 aromatic carbocycles. The molecule has 1 aliphatic carbocycles. The Balaban J connectivity index is 1.87. The van der Waals surface area contributed by atoms with Gasteiger partial charge in [0.05, 0.1) is 12.6 Å². The summed E-state index contributed by atoms with van der Waals surface area (Å²) in [6.07, 6.45) is 4.71. The van der Waals surface area contributed by atoms with Crippen molar-refractivity contribution in [1.82, 2.24) is 0 Å². The molecule has 2 aliphatic rings. The topological polar surface area (TPSA) is 40.5 Å². The summed E-state index contributed by atoms with van der Waals surface area (Å²) >= 11 is 0. The van der Waals surface area contributed by atoms with Crippen LogP contribution < -0.4 is 4.90 Å². The van der Waals surface area contributed by atoms with Crippen LogP contribution in [0.15, 0.2) is 47.6 Å². The van der Waals surface area contributed by atoms with Gasteiger partial charge in [0.1, 0.15) is 0 Å². The number of hydrogen-bond acceptors (Lipinski definition) is 2. The second-order valence-electron chi connectivity index (χ2n) is 6.11. The van der Waals surface area contributed by atoms with E-state index in [4.69, 9.17) is 0 Å². The maximum absolute atomic E-state index is 12.6. The maximum Gasteiger partial charge on any atom is 0.258 e. The van der Waals surface area contributed by atoms with E-state index in [0.717, 1.165) is 16.8 Å². The fourth-order valence-corrected chi connectivity index (χ4v) is 2.88. The number of hydrogen-bond donors (Lipinski definition) is 1. The van der Waals surface area contributed by atoms with E-state index in [1.165, 1.54) is 5.56 Å². The molecule has 1 unspecified atom stereocenters. The summed E-state index contributed by atoms with van der Waals surface area (Å²) < 4.78 is 0. The van der Waals surface area contributed by atoms with Crippen molar-refractivity contribution in [3.63, 3.8) is 0 Å². The fraction of sp³-hybridized carbons (Fsp3) is 0.389. The number of rotatable bonds is 2. The van der Waals surface area contributed by atoms with Crippen molar-refractivity contribution >= 4 is 11.6 Å². The lowest BCUT2D eigenvalue weighted by Crippen LogP contribution is -2.24. The SMILES string of the molecule is CC(C)c1ccc(N2CC3=CCC(O)CC=C3C2=O)cc1. The van der Waals surface area contributed by atoms with Gasteiger partial charge in [0.15, 0.2) is 0 Å². The van der Waals surface area contributed by atoms with Crippen LogP contribution in [0.3, 0.4) is 0 Å². The van der Waals surface area contributed by atoms with Crippen LogP contribution in [0.1, 0.15) is 38.2 Å². The highest BCUT2D eigenvalue weighted by Crippen LogP contribution is 2.32. The summed E-state index contributed by atoms with van der Waals surface area (Å²) in [6, 6.07) is 8.23. The van der Waals surface area contributed by atoms with Crippen LogP contribution in [-0.4, -0.2) is 23.7 Å². The quantitative estimate of drug-likeness (QED) is 0.905. The summed E-state index contributed by atoms with van der Waals surface area (Å²) in [5.74, 6) is 0.541. The van der Waals surface area contributed by atoms with Gasteiger partial charge in [-0.25, -0.2) is 0 Å². The van der Waals surface area contributed by atoms with Gasteiger partial charge in [0, 0.05) is 11.3 Å². The lowest BCUT2D eigenvalue weighted by Gasteiger charge is -2.16. The van der Waals surface area contributed by atoms with Crippen molar-refractivity contribution in [2.24, 2.45) is 0 Å². The predicted octanol–water partition coefficient (Wildman–Crippen LogP) is 3.16. The van der Waals surface area contributed by atoms with Gasteiger partial charge in [-0.1, -0.05) is 38.1 Å². The first-order valence-electron chi connectivity index (χ1n) is 7.55. The third-order valence-corrected chi connectivity index (χ3v) is 4.25. The normalized spacial score (nSPS) is 22.0. The molecule has 0 spiro atoms. The Bertz CT molecular complexity index is 611. The van der Waals surface area contributed by atoms with E-state index in [1.54, 1.807) is 0 Å². The van der Waals surface area contributed by atoms with Gasteiger partial charge in [-0.2, -0.15) is 0 Å². The molecule has 21 heavy (non-hydrogen) atoms. The number of amides is 1. The van der Waals surface area contributed by atoms with Gasteiger partial charge in [-0.15, -0.1) is 0 Å². The number of aliphatic hydroxyl groups is 1. The molecule has 0 radical (unpaired) electrons. The lowest BCUT2D eigenvalue weighted by molar-refractivity contribution is -0.114. The van der Waals surface area contributed by atoms with E-state index >= 15 is 0 Å². The van der Waals surface area contributed by atoms with E-state index in [9.17, 15) is 9.90 Å². The summed E-state index contributed by atoms with van der Waals surface area (Å²) in [6.45, 7) is 4.93. The van der Waals surface area contributed by atoms with Crippen molar-refractivity contribution in [3.8, 4) is 0 Å². The first kappa shape index (κ1) is 14.1. The van der Waals surface area contributed by atoms with Gasteiger partial charge < -0.3 is 10.0 Å². The Kier molecular flexibility index (Phi) is 3.68. The minimum atomic E-state index is -0.359. The third-order valence-electron chi connectivity index (χ3n) is 4.25. The average molecular weight is 283 g/mol. The summed E-state index contributed by atoms with van der Waals surface area (Å²) in [5, 5.41) is 9.68. The summed E-state index contributed by atoms with van der Waals surface area (Å²) in [7, 11) is 0. The largest absolute Gasteiger partial charge is 0.392 e. The van der Waals surface area contributed by atoms with Gasteiger partial charge >= 0.3 is 0 Å². The molecule has 1 heterocycles. The number of carbonyl (C=O) groups is 1. The highest BCUT2D eigenvalue weighted by Gasteiger charge is 2.32. The highest BCUT2D eigenvalue weighted by molar-refractivity contribution is 6.12. The van der Waals surface area contributed by atoms with Crippen molar-refractivity contribution in [2.45, 2.75) is 38.7 Å². The minimum absolute atomic E-state index is 0.0487. The standard InChI is InChI=1S/C18H21NO2/c1-12(2)13-3-6-15(7-4-13)19-11-14-5-8-16(20)9-10-17(14)18(19)21/h3-7,10,12,16,20H,8-9,11H2,1-2H3. The monoisotopic (exact) mass is 283 g/mol. The molecule has 3 nitrogen and oxygen atoms in total. The molecular weight excluding hydrogens is 262 g/mol. The van der Waals surface area contributed by atoms with Crippen molar-refractivity contribution < 1.29 is 9.90 Å². The molecule has 0 aromatic heterocycles. The van der Waals surface area contributed by atoms with E-state index in [-0.39, 0.29) is 12.0 Å². The summed E-state index contributed by atoms with van der Waals surface area (Å²) in [5.41, 5.74) is 4.03. The Morgan fingerprint density at radius 1 is 1.14 bits per heavy atom. The molecule has 1 aliphatic heterocycles. The molecule has 110 valence electrons. The van der Waals surface area contributed by atoms with Crippen molar-refractivity contribution in [3.05, 3.63) is 53.1 Å². The Morgan fingerprint density at radius 3 is 2.48 bits per heavy atom. The number of aliphatic hydroxyl groups excluding tert-OH is 1. The molecule has 3 heteroatoms. The molecular formula is C18H21NO2. The second-order valence-corrected chi connectivity index (χ2v) is 6.11. The van der Waals surface area contributed by atoms with Crippen molar-refractivity contribution in [1.29, 1.82) is 0 Å². The van der Waals surface area contributed by atoms with Crippen molar-refractivity contribution in [2.75, 3.05) is 11.4 Å². The number of fused-ring (bicyclic) bond motifs is 1. The Morgan fingerprint density at radius 2 is 1.81 bits per heavy atom. The molecule has 3 rings (SSSR count). The number of carbonyl (C=O) groups excluding carboxylic acids is 1. The molecule has 1 aromatic rings. The average Bonchev–Trinajstić information content (AvgIpc) is 2.66. The smallest absolute Gasteiger partial charge is 0.258 e. The first-order chi connectivity index (χ1) is 10.1. The molecule has 0 saturated carbocycles. The minimum Gasteiger partial charge on any atom is -0.392 e. The lowest BCUT2D eigenvalue weighted by atomic mass is 10.0. The van der Waals surface area contributed by atoms with Gasteiger partial charge in [-0.3, -0.25) is 4.79 Å². The van der Waals surface area contributed by atoms with Crippen LogP contribution in [0.2, 0.25) is 0 Å². The predicted molar refractivity (Wildman–Crippen MR) is 84.3 cm³/mol. The molecule has 1 atom stereocenters. The Hall–Kier alpha value is -1.87. The van der Waals surface area contributed by atoms with Gasteiger partial charge in [0.25, 0.3) is 5.91 Å². The van der Waals surface area contributed by atoms with E-state index in [2.05, 4.69) is 26.0 Å². The zero-order valence-electron chi connectivity index (χ0n) is 12.5. The zero-order valence-corrected chi connectivity index (χ0v) is 12.5. The van der Waals surface area contributed by atoms with E-state index in [0.29, 0.717) is 25.3 Å². The zero-order chi connectivity index (χ0) is 15.0. The number of benzene rings is 1. The number of nitrogens with zero attached hydrogens (tertiary/aromatic N) is 1. The van der Waals surface area contributed by atoms with Crippen LogP contribution in [0.4, 0.5) is 5.69 Å². The summed E-state index contributed by atoms with van der Waals surface area (Å²) in [4.78, 5) is 14.4. The third kappa shape index (κ3) is 2.66. The number of anilines is 1. The Labute approximate surface area is 125 Å². The van der Waals surface area contributed by atoms with Gasteiger partial charge in [0.2, 0.25) is 0 Å². The van der Waals surface area contributed by atoms with E-state index < -0.39 is 0 Å². The second kappa shape index (κ2) is 5.49. The maximum atomic E-state index is 12.6.